The summed E-state index contributed by atoms with van der Waals surface area (Å²) >= 11 is 5.98. The highest BCUT2D eigenvalue weighted by atomic mass is 35.5. The molecule has 0 spiro atoms. The second-order valence-electron chi connectivity index (χ2n) is 7.03. The molecule has 1 aromatic heterocycles. The number of hydrogen-bond acceptors (Lipinski definition) is 6. The molecule has 4 rings (SSSR count). The molecule has 0 unspecified atom stereocenters. The SMILES string of the molecule is Cc1cccc(C2CC2)c1Oc1nnc(Cl)cc1OC(=O)N1CCCOCC1. The zero-order valence-electron chi connectivity index (χ0n) is 15.7. The van der Waals surface area contributed by atoms with E-state index >= 15 is 0 Å². The van der Waals surface area contributed by atoms with Crippen molar-refractivity contribution >= 4 is 17.7 Å². The Balaban J connectivity index is 1.58. The molecular weight excluding hydrogens is 382 g/mol. The van der Waals surface area contributed by atoms with Crippen LogP contribution in [0.5, 0.6) is 17.4 Å². The monoisotopic (exact) mass is 403 g/mol. The van der Waals surface area contributed by atoms with E-state index in [0.29, 0.717) is 32.2 Å². The van der Waals surface area contributed by atoms with Crippen molar-refractivity contribution in [2.24, 2.45) is 0 Å². The van der Waals surface area contributed by atoms with Crippen molar-refractivity contribution in [3.05, 3.63) is 40.5 Å². The Bertz CT molecular complexity index is 865. The van der Waals surface area contributed by atoms with Gasteiger partial charge in [0, 0.05) is 25.8 Å². The van der Waals surface area contributed by atoms with Gasteiger partial charge >= 0.3 is 6.09 Å². The fourth-order valence-electron chi connectivity index (χ4n) is 3.20. The third kappa shape index (κ3) is 4.36. The van der Waals surface area contributed by atoms with E-state index < -0.39 is 6.09 Å². The van der Waals surface area contributed by atoms with Crippen LogP contribution in [0.25, 0.3) is 0 Å². The average molecular weight is 404 g/mol. The molecule has 2 fully saturated rings. The van der Waals surface area contributed by atoms with Crippen LogP contribution >= 0.6 is 11.6 Å². The number of rotatable bonds is 4. The molecule has 1 aliphatic heterocycles. The molecule has 0 bridgehead atoms. The molecule has 148 valence electrons. The van der Waals surface area contributed by atoms with Gasteiger partial charge in [0.15, 0.2) is 10.9 Å². The van der Waals surface area contributed by atoms with Crippen molar-refractivity contribution < 1.29 is 19.0 Å². The zero-order chi connectivity index (χ0) is 19.5. The molecule has 8 heteroatoms. The Morgan fingerprint density at radius 2 is 2.11 bits per heavy atom. The summed E-state index contributed by atoms with van der Waals surface area (Å²) < 4.78 is 17.0. The van der Waals surface area contributed by atoms with E-state index in [0.717, 1.165) is 36.1 Å². The first-order valence-electron chi connectivity index (χ1n) is 9.47. The van der Waals surface area contributed by atoms with Gasteiger partial charge in [-0.1, -0.05) is 29.8 Å². The minimum Gasteiger partial charge on any atom is -0.434 e. The smallest absolute Gasteiger partial charge is 0.415 e. The average Bonchev–Trinajstić information content (AvgIpc) is 3.52. The van der Waals surface area contributed by atoms with Crippen LogP contribution in [0.1, 0.15) is 36.3 Å². The molecule has 2 heterocycles. The minimum atomic E-state index is -0.480. The number of aromatic nitrogens is 2. The number of halogens is 1. The number of ether oxygens (including phenoxy) is 3. The second kappa shape index (κ2) is 8.32. The van der Waals surface area contributed by atoms with Gasteiger partial charge in [0.1, 0.15) is 5.75 Å². The Morgan fingerprint density at radius 1 is 1.25 bits per heavy atom. The zero-order valence-corrected chi connectivity index (χ0v) is 16.4. The van der Waals surface area contributed by atoms with Crippen LogP contribution in [0.4, 0.5) is 4.79 Å². The molecule has 2 aliphatic rings. The number of aryl methyl sites for hydroxylation is 1. The van der Waals surface area contributed by atoms with Crippen molar-refractivity contribution in [2.45, 2.75) is 32.1 Å². The molecule has 7 nitrogen and oxygen atoms in total. The van der Waals surface area contributed by atoms with Gasteiger partial charge in [-0.05, 0) is 43.2 Å². The fraction of sp³-hybridized carbons (Fsp3) is 0.450. The summed E-state index contributed by atoms with van der Waals surface area (Å²) in [6.07, 6.45) is 2.57. The molecule has 1 amide bonds. The molecule has 0 N–H and O–H groups in total. The maximum atomic E-state index is 12.6. The topological polar surface area (TPSA) is 73.8 Å². The standard InChI is InChI=1S/C20H22ClN3O4/c1-13-4-2-5-15(14-6-7-14)18(13)28-19-16(12-17(21)22-23-19)27-20(25)24-8-3-10-26-11-9-24/h2,4-5,12,14H,3,6-11H2,1H3. The summed E-state index contributed by atoms with van der Waals surface area (Å²) in [5, 5.41) is 8.01. The fourth-order valence-corrected chi connectivity index (χ4v) is 3.34. The molecule has 1 aromatic carbocycles. The number of carbonyl (C=O) groups is 1. The predicted molar refractivity (Wildman–Crippen MR) is 103 cm³/mol. The van der Waals surface area contributed by atoms with Gasteiger partial charge < -0.3 is 19.1 Å². The van der Waals surface area contributed by atoms with E-state index in [1.807, 2.05) is 19.1 Å². The van der Waals surface area contributed by atoms with Crippen LogP contribution in [0.2, 0.25) is 5.15 Å². The van der Waals surface area contributed by atoms with Gasteiger partial charge in [-0.2, -0.15) is 0 Å². The third-order valence-electron chi connectivity index (χ3n) is 4.83. The van der Waals surface area contributed by atoms with Gasteiger partial charge in [-0.3, -0.25) is 0 Å². The Hall–Kier alpha value is -2.38. The Morgan fingerprint density at radius 3 is 2.93 bits per heavy atom. The summed E-state index contributed by atoms with van der Waals surface area (Å²) in [5.74, 6) is 1.51. The lowest BCUT2D eigenvalue weighted by molar-refractivity contribution is 0.130. The van der Waals surface area contributed by atoms with Gasteiger partial charge in [0.05, 0.1) is 6.61 Å². The third-order valence-corrected chi connectivity index (χ3v) is 5.02. The van der Waals surface area contributed by atoms with Crippen LogP contribution < -0.4 is 9.47 Å². The number of benzene rings is 1. The molecule has 28 heavy (non-hydrogen) atoms. The molecule has 0 radical (unpaired) electrons. The van der Waals surface area contributed by atoms with Crippen molar-refractivity contribution in [3.8, 4) is 17.4 Å². The minimum absolute atomic E-state index is 0.125. The van der Waals surface area contributed by atoms with Crippen molar-refractivity contribution in [1.29, 1.82) is 0 Å². The number of para-hydroxylation sites is 1. The predicted octanol–water partition coefficient (Wildman–Crippen LogP) is 4.33. The quantitative estimate of drug-likeness (QED) is 0.756. The number of hydrogen-bond donors (Lipinski definition) is 0. The number of nitrogens with zero attached hydrogens (tertiary/aromatic N) is 3. The lowest BCUT2D eigenvalue weighted by Gasteiger charge is -2.20. The highest BCUT2D eigenvalue weighted by Gasteiger charge is 2.29. The Kier molecular flexibility index (Phi) is 5.64. The van der Waals surface area contributed by atoms with Gasteiger partial charge in [0.25, 0.3) is 5.88 Å². The maximum Gasteiger partial charge on any atom is 0.415 e. The summed E-state index contributed by atoms with van der Waals surface area (Å²) in [4.78, 5) is 14.2. The van der Waals surface area contributed by atoms with E-state index in [4.69, 9.17) is 25.8 Å². The maximum absolute atomic E-state index is 12.6. The summed E-state index contributed by atoms with van der Waals surface area (Å²) in [7, 11) is 0. The van der Waals surface area contributed by atoms with E-state index in [-0.39, 0.29) is 16.8 Å². The van der Waals surface area contributed by atoms with Crippen molar-refractivity contribution in [2.75, 3.05) is 26.3 Å². The highest BCUT2D eigenvalue weighted by Crippen LogP contribution is 2.46. The summed E-state index contributed by atoms with van der Waals surface area (Å²) in [5.41, 5.74) is 2.13. The van der Waals surface area contributed by atoms with Gasteiger partial charge in [-0.25, -0.2) is 4.79 Å². The molecule has 0 atom stereocenters. The summed E-state index contributed by atoms with van der Waals surface area (Å²) in [6, 6.07) is 7.51. The van der Waals surface area contributed by atoms with Crippen LogP contribution in [0.15, 0.2) is 24.3 Å². The molecule has 1 saturated heterocycles. The van der Waals surface area contributed by atoms with Crippen LogP contribution in [-0.2, 0) is 4.74 Å². The molecule has 1 aliphatic carbocycles. The van der Waals surface area contributed by atoms with Gasteiger partial charge in [-0.15, -0.1) is 10.2 Å². The van der Waals surface area contributed by atoms with E-state index in [9.17, 15) is 4.79 Å². The number of carbonyl (C=O) groups excluding carboxylic acids is 1. The summed E-state index contributed by atoms with van der Waals surface area (Å²) in [6.45, 7) is 4.16. The molecule has 2 aromatic rings. The van der Waals surface area contributed by atoms with Crippen LogP contribution in [0, 0.1) is 6.92 Å². The van der Waals surface area contributed by atoms with Crippen molar-refractivity contribution in [3.63, 3.8) is 0 Å². The van der Waals surface area contributed by atoms with Crippen molar-refractivity contribution in [1.82, 2.24) is 15.1 Å². The van der Waals surface area contributed by atoms with Crippen LogP contribution in [-0.4, -0.2) is 47.5 Å². The van der Waals surface area contributed by atoms with Gasteiger partial charge in [0.2, 0.25) is 0 Å². The first-order chi connectivity index (χ1) is 13.6. The van der Waals surface area contributed by atoms with Crippen LogP contribution in [0.3, 0.4) is 0 Å². The Labute approximate surface area is 168 Å². The highest BCUT2D eigenvalue weighted by molar-refractivity contribution is 6.29. The lowest BCUT2D eigenvalue weighted by Crippen LogP contribution is -2.35. The van der Waals surface area contributed by atoms with E-state index in [1.54, 1.807) is 4.90 Å². The first-order valence-corrected chi connectivity index (χ1v) is 9.84. The molecule has 1 saturated carbocycles. The number of amides is 1. The second-order valence-corrected chi connectivity index (χ2v) is 7.41. The normalized spacial score (nSPS) is 17.1. The van der Waals surface area contributed by atoms with E-state index in [2.05, 4.69) is 16.3 Å². The largest absolute Gasteiger partial charge is 0.434 e. The first kappa shape index (κ1) is 19.0. The lowest BCUT2D eigenvalue weighted by atomic mass is 10.1. The van der Waals surface area contributed by atoms with E-state index in [1.165, 1.54) is 6.07 Å². The molecular formula is C20H22ClN3O4.